The number of nitrogens with zero attached hydrogens (tertiary/aromatic N) is 2. The maximum absolute atomic E-state index is 15.1. The van der Waals surface area contributed by atoms with Crippen LogP contribution in [0.4, 0.5) is 14.5 Å². The van der Waals surface area contributed by atoms with Gasteiger partial charge < -0.3 is 10.1 Å². The van der Waals surface area contributed by atoms with Gasteiger partial charge in [0.15, 0.2) is 0 Å². The lowest BCUT2D eigenvalue weighted by molar-refractivity contribution is -0.114. The van der Waals surface area contributed by atoms with Gasteiger partial charge in [-0.15, -0.1) is 0 Å². The summed E-state index contributed by atoms with van der Waals surface area (Å²) in [5.74, 6) is -1.37. The topological polar surface area (TPSA) is 64.1 Å². The molecule has 5 rings (SSSR count). The first-order valence-electron chi connectivity index (χ1n) is 11.3. The quantitative estimate of drug-likeness (QED) is 0.290. The highest BCUT2D eigenvalue weighted by Gasteiger charge is 2.22. The molecule has 0 atom stereocenters. The summed E-state index contributed by atoms with van der Waals surface area (Å²) < 4.78 is 35.1. The van der Waals surface area contributed by atoms with Crippen LogP contribution in [0, 0.1) is 11.6 Å². The summed E-state index contributed by atoms with van der Waals surface area (Å²) in [7, 11) is 0. The number of aromatic nitrogens is 2. The Balaban J connectivity index is 1.66. The molecule has 0 aliphatic carbocycles. The summed E-state index contributed by atoms with van der Waals surface area (Å²) in [5.41, 5.74) is 3.72. The lowest BCUT2D eigenvalue weighted by Gasteiger charge is -2.20. The number of carbonyl (C=O) groups excluding carboxylic acids is 1. The molecule has 36 heavy (non-hydrogen) atoms. The van der Waals surface area contributed by atoms with E-state index in [1.165, 1.54) is 19.1 Å². The van der Waals surface area contributed by atoms with E-state index in [0.29, 0.717) is 33.8 Å². The highest BCUT2D eigenvalue weighted by molar-refractivity contribution is 6.01. The van der Waals surface area contributed by atoms with Crippen LogP contribution in [0.3, 0.4) is 0 Å². The molecular formula is C29H21F2N3O2. The van der Waals surface area contributed by atoms with Gasteiger partial charge in [0.05, 0.1) is 11.2 Å². The number of fused-ring (bicyclic) bond motifs is 1. The Morgan fingerprint density at radius 3 is 2.50 bits per heavy atom. The predicted octanol–water partition coefficient (Wildman–Crippen LogP) is 6.78. The van der Waals surface area contributed by atoms with Crippen LogP contribution in [0.25, 0.3) is 33.2 Å². The maximum atomic E-state index is 15.1. The first kappa shape index (κ1) is 23.1. The van der Waals surface area contributed by atoms with Crippen molar-refractivity contribution in [2.24, 2.45) is 0 Å². The number of anilines is 1. The molecule has 0 spiro atoms. The Morgan fingerprint density at radius 2 is 1.72 bits per heavy atom. The minimum Gasteiger partial charge on any atom is -0.487 e. The molecule has 0 saturated carbocycles. The molecule has 0 radical (unpaired) electrons. The van der Waals surface area contributed by atoms with E-state index in [9.17, 15) is 9.18 Å². The van der Waals surface area contributed by atoms with Gasteiger partial charge in [-0.1, -0.05) is 24.3 Å². The number of para-hydroxylation sites is 1. The summed E-state index contributed by atoms with van der Waals surface area (Å²) in [6.45, 7) is 1.51. The smallest absolute Gasteiger partial charge is 0.221 e. The third kappa shape index (κ3) is 4.77. The third-order valence-electron chi connectivity index (χ3n) is 5.68. The van der Waals surface area contributed by atoms with Gasteiger partial charge >= 0.3 is 0 Å². The summed E-state index contributed by atoms with van der Waals surface area (Å²) >= 11 is 0. The van der Waals surface area contributed by atoms with Crippen LogP contribution in [0.1, 0.15) is 12.6 Å². The molecule has 0 fully saturated rings. The van der Waals surface area contributed by atoms with Crippen molar-refractivity contribution < 1.29 is 18.3 Å². The number of halogens is 2. The van der Waals surface area contributed by atoms with Gasteiger partial charge in [-0.05, 0) is 54.1 Å². The van der Waals surface area contributed by atoms with E-state index in [2.05, 4.69) is 15.3 Å². The summed E-state index contributed by atoms with van der Waals surface area (Å²) in [6, 6.07) is 21.8. The van der Waals surface area contributed by atoms with Crippen molar-refractivity contribution in [2.45, 2.75) is 13.5 Å². The number of hydrogen-bond donors (Lipinski definition) is 1. The molecule has 0 aliphatic heterocycles. The van der Waals surface area contributed by atoms with Gasteiger partial charge in [0.2, 0.25) is 5.91 Å². The zero-order valence-corrected chi connectivity index (χ0v) is 19.3. The molecule has 0 bridgehead atoms. The first-order chi connectivity index (χ1) is 17.5. The van der Waals surface area contributed by atoms with Crippen molar-refractivity contribution in [3.8, 4) is 28.0 Å². The normalized spacial score (nSPS) is 10.9. The third-order valence-corrected chi connectivity index (χ3v) is 5.68. The second-order valence-corrected chi connectivity index (χ2v) is 8.19. The fourth-order valence-corrected chi connectivity index (χ4v) is 4.12. The van der Waals surface area contributed by atoms with E-state index in [1.54, 1.807) is 36.7 Å². The highest BCUT2D eigenvalue weighted by atomic mass is 19.1. The number of amides is 1. The largest absolute Gasteiger partial charge is 0.487 e. The molecule has 7 heteroatoms. The molecule has 5 nitrogen and oxygen atoms in total. The molecule has 0 saturated heterocycles. The highest BCUT2D eigenvalue weighted by Crippen LogP contribution is 2.45. The predicted molar refractivity (Wildman–Crippen MR) is 135 cm³/mol. The molecule has 178 valence electrons. The van der Waals surface area contributed by atoms with Crippen LogP contribution in [0.2, 0.25) is 0 Å². The van der Waals surface area contributed by atoms with Gasteiger partial charge in [0.1, 0.15) is 24.0 Å². The van der Waals surface area contributed by atoms with E-state index in [4.69, 9.17) is 4.74 Å². The van der Waals surface area contributed by atoms with Gasteiger partial charge in [-0.3, -0.25) is 9.78 Å². The van der Waals surface area contributed by atoms with Crippen LogP contribution in [-0.2, 0) is 11.4 Å². The van der Waals surface area contributed by atoms with E-state index >= 15 is 4.39 Å². The van der Waals surface area contributed by atoms with Gasteiger partial charge in [-0.2, -0.15) is 0 Å². The van der Waals surface area contributed by atoms with Crippen molar-refractivity contribution in [3.05, 3.63) is 109 Å². The summed E-state index contributed by atoms with van der Waals surface area (Å²) in [4.78, 5) is 20.7. The summed E-state index contributed by atoms with van der Waals surface area (Å²) in [6.07, 6.45) is 3.20. The Bertz CT molecular complexity index is 1570. The second-order valence-electron chi connectivity index (χ2n) is 8.19. The first-order valence-corrected chi connectivity index (χ1v) is 11.3. The molecule has 2 aromatic heterocycles. The molecule has 1 amide bonds. The fourth-order valence-electron chi connectivity index (χ4n) is 4.12. The van der Waals surface area contributed by atoms with E-state index in [1.807, 2.05) is 36.4 Å². The standard InChI is InChI=1S/C29H21F2N3O2/c1-18(35)33-26-10-11-27(36-17-22-8-6-19-4-2-3-5-25(19)34-22)29(23-9-7-21(30)16-24(23)31)28(26)20-12-14-32-15-13-20/h2-16H,17H2,1H3,(H,33,35). The van der Waals surface area contributed by atoms with Crippen molar-refractivity contribution in [2.75, 3.05) is 5.32 Å². The number of pyridine rings is 2. The molecule has 0 unspecified atom stereocenters. The Labute approximate surface area is 206 Å². The number of nitrogens with one attached hydrogen (secondary N) is 1. The van der Waals surface area contributed by atoms with Gasteiger partial charge in [0.25, 0.3) is 0 Å². The van der Waals surface area contributed by atoms with E-state index in [-0.39, 0.29) is 18.1 Å². The Morgan fingerprint density at radius 1 is 0.917 bits per heavy atom. The lowest BCUT2D eigenvalue weighted by Crippen LogP contribution is -2.09. The van der Waals surface area contributed by atoms with Crippen molar-refractivity contribution in [3.63, 3.8) is 0 Å². The van der Waals surface area contributed by atoms with Crippen molar-refractivity contribution in [1.29, 1.82) is 0 Å². The zero-order chi connectivity index (χ0) is 25.1. The molecule has 5 aromatic rings. The van der Waals surface area contributed by atoms with Gasteiger partial charge in [0, 0.05) is 53.1 Å². The number of hydrogen-bond acceptors (Lipinski definition) is 4. The minimum absolute atomic E-state index is 0.121. The average molecular weight is 482 g/mol. The summed E-state index contributed by atoms with van der Waals surface area (Å²) in [5, 5.41) is 3.82. The maximum Gasteiger partial charge on any atom is 0.221 e. The Hall–Kier alpha value is -4.65. The fraction of sp³-hybridized carbons (Fsp3) is 0.0690. The number of rotatable bonds is 6. The number of benzene rings is 3. The number of carbonyl (C=O) groups is 1. The molecule has 0 aliphatic rings. The average Bonchev–Trinajstić information content (AvgIpc) is 2.88. The van der Waals surface area contributed by atoms with E-state index in [0.717, 1.165) is 17.0 Å². The minimum atomic E-state index is -0.751. The molecule has 1 N–H and O–H groups in total. The van der Waals surface area contributed by atoms with Crippen molar-refractivity contribution in [1.82, 2.24) is 9.97 Å². The monoisotopic (exact) mass is 481 g/mol. The van der Waals surface area contributed by atoms with E-state index < -0.39 is 11.6 Å². The van der Waals surface area contributed by atoms with Crippen molar-refractivity contribution >= 4 is 22.5 Å². The second kappa shape index (κ2) is 9.92. The number of ether oxygens (including phenoxy) is 1. The SMILES string of the molecule is CC(=O)Nc1ccc(OCc2ccc3ccccc3n2)c(-c2ccc(F)cc2F)c1-c1ccncc1. The molecule has 3 aromatic carbocycles. The van der Waals surface area contributed by atoms with Crippen LogP contribution < -0.4 is 10.1 Å². The van der Waals surface area contributed by atoms with Crippen LogP contribution >= 0.6 is 0 Å². The van der Waals surface area contributed by atoms with Crippen LogP contribution in [-0.4, -0.2) is 15.9 Å². The zero-order valence-electron chi connectivity index (χ0n) is 19.3. The van der Waals surface area contributed by atoms with Gasteiger partial charge in [-0.25, -0.2) is 13.8 Å². The van der Waals surface area contributed by atoms with Crippen LogP contribution in [0.5, 0.6) is 5.75 Å². The Kier molecular flexibility index (Phi) is 6.36. The molecular weight excluding hydrogens is 460 g/mol. The lowest BCUT2D eigenvalue weighted by atomic mass is 9.92. The van der Waals surface area contributed by atoms with Crippen LogP contribution in [0.15, 0.2) is 91.3 Å². The molecule has 2 heterocycles.